The average molecular weight is 304 g/mol. The first kappa shape index (κ1) is 16.7. The van der Waals surface area contributed by atoms with Crippen molar-refractivity contribution in [2.45, 2.75) is 52.4 Å². The summed E-state index contributed by atoms with van der Waals surface area (Å²) in [6.07, 6.45) is 11.0. The van der Waals surface area contributed by atoms with Crippen LogP contribution in [0.15, 0.2) is 16.9 Å². The summed E-state index contributed by atoms with van der Waals surface area (Å²) in [5.41, 5.74) is 7.56. The van der Waals surface area contributed by atoms with Gasteiger partial charge in [0.1, 0.15) is 5.82 Å². The van der Waals surface area contributed by atoms with Crippen molar-refractivity contribution in [3.05, 3.63) is 18.0 Å². The summed E-state index contributed by atoms with van der Waals surface area (Å²) in [5, 5.41) is 4.95. The first-order valence-electron chi connectivity index (χ1n) is 8.43. The number of rotatable bonds is 10. The molecule has 0 aliphatic heterocycles. The molecular weight excluding hydrogens is 276 g/mol. The van der Waals surface area contributed by atoms with Crippen LogP contribution < -0.4 is 10.6 Å². The van der Waals surface area contributed by atoms with E-state index in [1.807, 2.05) is 13.1 Å². The van der Waals surface area contributed by atoms with Crippen LogP contribution in [0.3, 0.4) is 0 Å². The van der Waals surface area contributed by atoms with Crippen molar-refractivity contribution in [1.29, 1.82) is 0 Å². The van der Waals surface area contributed by atoms with Crippen LogP contribution in [0.1, 0.15) is 51.0 Å². The molecule has 5 nitrogen and oxygen atoms in total. The van der Waals surface area contributed by atoms with Gasteiger partial charge in [-0.25, -0.2) is 4.98 Å². The molecule has 0 fully saturated rings. The van der Waals surface area contributed by atoms with E-state index in [0.717, 1.165) is 41.9 Å². The zero-order valence-corrected chi connectivity index (χ0v) is 13.8. The van der Waals surface area contributed by atoms with E-state index in [-0.39, 0.29) is 0 Å². The number of nitrogens with two attached hydrogens (primary N) is 1. The Bertz CT molecular complexity index is 567. The third-order valence-electron chi connectivity index (χ3n) is 4.01. The Kier molecular flexibility index (Phi) is 6.65. The number of pyridine rings is 1. The molecule has 0 unspecified atom stereocenters. The fourth-order valence-electron chi connectivity index (χ4n) is 2.73. The average Bonchev–Trinajstić information content (AvgIpc) is 3.01. The molecule has 0 aliphatic rings. The van der Waals surface area contributed by atoms with Crippen molar-refractivity contribution in [1.82, 2.24) is 10.1 Å². The maximum absolute atomic E-state index is 5.69. The molecule has 0 saturated carbocycles. The number of aromatic nitrogens is 2. The van der Waals surface area contributed by atoms with Crippen molar-refractivity contribution >= 4 is 16.8 Å². The lowest BCUT2D eigenvalue weighted by molar-refractivity contribution is 0.455. The van der Waals surface area contributed by atoms with Gasteiger partial charge in [0.15, 0.2) is 5.58 Å². The summed E-state index contributed by atoms with van der Waals surface area (Å²) in [6.45, 7) is 6.89. The Morgan fingerprint density at radius 2 is 1.86 bits per heavy atom. The zero-order chi connectivity index (χ0) is 15.8. The summed E-state index contributed by atoms with van der Waals surface area (Å²) in [5.74, 6) is 0.978. The van der Waals surface area contributed by atoms with E-state index in [1.54, 1.807) is 6.20 Å². The quantitative estimate of drug-likeness (QED) is 0.678. The molecule has 0 aliphatic carbocycles. The van der Waals surface area contributed by atoms with Crippen molar-refractivity contribution in [3.63, 3.8) is 0 Å². The van der Waals surface area contributed by atoms with Gasteiger partial charge < -0.3 is 15.2 Å². The highest BCUT2D eigenvalue weighted by Gasteiger charge is 2.15. The fourth-order valence-corrected chi connectivity index (χ4v) is 2.73. The fraction of sp³-hybridized carbons (Fsp3) is 0.647. The Hall–Kier alpha value is -1.62. The topological polar surface area (TPSA) is 68.2 Å². The van der Waals surface area contributed by atoms with Crippen LogP contribution in [0, 0.1) is 6.92 Å². The number of unbranched alkanes of at least 4 members (excludes halogenated alkanes) is 4. The molecule has 5 heteroatoms. The molecule has 2 heterocycles. The third-order valence-corrected chi connectivity index (χ3v) is 4.01. The van der Waals surface area contributed by atoms with Crippen molar-refractivity contribution in [3.8, 4) is 0 Å². The monoisotopic (exact) mass is 304 g/mol. The molecule has 22 heavy (non-hydrogen) atoms. The number of hydrogen-bond donors (Lipinski definition) is 1. The molecule has 2 aromatic heterocycles. The van der Waals surface area contributed by atoms with Gasteiger partial charge in [0, 0.05) is 24.8 Å². The van der Waals surface area contributed by atoms with Crippen LogP contribution in [0.5, 0.6) is 0 Å². The van der Waals surface area contributed by atoms with Gasteiger partial charge in [-0.3, -0.25) is 0 Å². The van der Waals surface area contributed by atoms with Gasteiger partial charge in [-0.15, -0.1) is 0 Å². The summed E-state index contributed by atoms with van der Waals surface area (Å²) < 4.78 is 5.36. The van der Waals surface area contributed by atoms with E-state index in [2.05, 4.69) is 22.0 Å². The molecule has 0 atom stereocenters. The minimum absolute atomic E-state index is 0.699. The van der Waals surface area contributed by atoms with Gasteiger partial charge in [-0.05, 0) is 26.3 Å². The molecule has 2 N–H and O–H groups in total. The number of anilines is 1. The van der Waals surface area contributed by atoms with E-state index in [1.165, 1.54) is 32.1 Å². The SMILES string of the molecule is CCCCCCCN(CCCN)c1ncc(C)c2oncc12. The van der Waals surface area contributed by atoms with E-state index in [4.69, 9.17) is 10.3 Å². The largest absolute Gasteiger partial charge is 0.356 e. The number of aryl methyl sites for hydroxylation is 1. The zero-order valence-electron chi connectivity index (χ0n) is 13.8. The van der Waals surface area contributed by atoms with Gasteiger partial charge in [0.05, 0.1) is 11.6 Å². The smallest absolute Gasteiger partial charge is 0.175 e. The van der Waals surface area contributed by atoms with E-state index in [9.17, 15) is 0 Å². The number of nitrogens with zero attached hydrogens (tertiary/aromatic N) is 3. The first-order chi connectivity index (χ1) is 10.8. The standard InChI is InChI=1S/C17H28N4O/c1-3-4-5-6-7-10-21(11-8-9-18)17-15-13-20-22-16(15)14(2)12-19-17/h12-13H,3-11,18H2,1-2H3. The molecule has 2 aromatic rings. The van der Waals surface area contributed by atoms with Crippen molar-refractivity contribution in [2.24, 2.45) is 5.73 Å². The minimum atomic E-state index is 0.699. The van der Waals surface area contributed by atoms with E-state index >= 15 is 0 Å². The molecular formula is C17H28N4O. The lowest BCUT2D eigenvalue weighted by Gasteiger charge is -2.24. The maximum atomic E-state index is 5.69. The molecule has 0 aromatic carbocycles. The van der Waals surface area contributed by atoms with Crippen LogP contribution >= 0.6 is 0 Å². The van der Waals surface area contributed by atoms with Crippen LogP contribution in [-0.2, 0) is 0 Å². The molecule has 122 valence electrons. The van der Waals surface area contributed by atoms with Gasteiger partial charge >= 0.3 is 0 Å². The van der Waals surface area contributed by atoms with Crippen LogP contribution in [-0.4, -0.2) is 29.8 Å². The van der Waals surface area contributed by atoms with E-state index in [0.29, 0.717) is 6.54 Å². The van der Waals surface area contributed by atoms with Crippen LogP contribution in [0.25, 0.3) is 11.0 Å². The maximum Gasteiger partial charge on any atom is 0.175 e. The normalized spacial score (nSPS) is 11.2. The molecule has 2 rings (SSSR count). The third kappa shape index (κ3) is 4.19. The Labute approximate surface area is 132 Å². The van der Waals surface area contributed by atoms with Crippen molar-refractivity contribution in [2.75, 3.05) is 24.5 Å². The lowest BCUT2D eigenvalue weighted by Crippen LogP contribution is -2.28. The summed E-state index contributed by atoms with van der Waals surface area (Å²) in [7, 11) is 0. The second-order valence-electron chi connectivity index (χ2n) is 5.88. The van der Waals surface area contributed by atoms with Gasteiger partial charge in [0.2, 0.25) is 0 Å². The predicted octanol–water partition coefficient (Wildman–Crippen LogP) is 3.66. The van der Waals surface area contributed by atoms with Gasteiger partial charge in [-0.1, -0.05) is 37.8 Å². The first-order valence-corrected chi connectivity index (χ1v) is 8.43. The van der Waals surface area contributed by atoms with Crippen molar-refractivity contribution < 1.29 is 4.52 Å². The molecule has 0 saturated heterocycles. The Morgan fingerprint density at radius 3 is 2.64 bits per heavy atom. The molecule has 0 radical (unpaired) electrons. The highest BCUT2D eigenvalue weighted by molar-refractivity contribution is 5.89. The van der Waals surface area contributed by atoms with E-state index < -0.39 is 0 Å². The Morgan fingerprint density at radius 1 is 1.09 bits per heavy atom. The highest BCUT2D eigenvalue weighted by atomic mass is 16.5. The van der Waals surface area contributed by atoms with Gasteiger partial charge in [0.25, 0.3) is 0 Å². The van der Waals surface area contributed by atoms with Crippen LogP contribution in [0.2, 0.25) is 0 Å². The highest BCUT2D eigenvalue weighted by Crippen LogP contribution is 2.27. The van der Waals surface area contributed by atoms with Crippen LogP contribution in [0.4, 0.5) is 5.82 Å². The van der Waals surface area contributed by atoms with Gasteiger partial charge in [-0.2, -0.15) is 0 Å². The predicted molar refractivity (Wildman–Crippen MR) is 91.2 cm³/mol. The molecule has 0 amide bonds. The molecule has 0 spiro atoms. The Balaban J connectivity index is 2.09. The lowest BCUT2D eigenvalue weighted by atomic mass is 10.1. The second-order valence-corrected chi connectivity index (χ2v) is 5.88. The summed E-state index contributed by atoms with van der Waals surface area (Å²) >= 11 is 0. The number of hydrogen-bond acceptors (Lipinski definition) is 5. The second kappa shape index (κ2) is 8.73. The summed E-state index contributed by atoms with van der Waals surface area (Å²) in [4.78, 5) is 6.96. The minimum Gasteiger partial charge on any atom is -0.356 e. The summed E-state index contributed by atoms with van der Waals surface area (Å²) in [6, 6.07) is 0. The number of fused-ring (bicyclic) bond motifs is 1. The molecule has 0 bridgehead atoms.